The molecule has 0 unspecified atom stereocenters. The average Bonchev–Trinajstić information content (AvgIpc) is 3.16. The van der Waals surface area contributed by atoms with E-state index in [1.165, 1.54) is 0 Å². The smallest absolute Gasteiger partial charge is 0.272 e. The molecule has 0 spiro atoms. The van der Waals surface area contributed by atoms with Crippen LogP contribution in [0.1, 0.15) is 23.0 Å². The molecule has 5 nitrogen and oxygen atoms in total. The van der Waals surface area contributed by atoms with E-state index in [-0.39, 0.29) is 5.91 Å². The number of benzene rings is 2. The second-order valence-corrected chi connectivity index (χ2v) is 6.44. The molecule has 4 rings (SSSR count). The number of carbonyl (C=O) groups is 1. The number of aromatic nitrogens is 3. The molecule has 25 heavy (non-hydrogen) atoms. The van der Waals surface area contributed by atoms with Crippen LogP contribution >= 0.6 is 11.6 Å². The van der Waals surface area contributed by atoms with Gasteiger partial charge in [0.1, 0.15) is 5.69 Å². The number of amides is 1. The van der Waals surface area contributed by atoms with Gasteiger partial charge in [-0.2, -0.15) is 5.10 Å². The predicted octanol–water partition coefficient (Wildman–Crippen LogP) is 4.75. The lowest BCUT2D eigenvalue weighted by Gasteiger charge is -2.10. The Kier molecular flexibility index (Phi) is 3.73. The summed E-state index contributed by atoms with van der Waals surface area (Å²) in [6.07, 6.45) is 1.75. The third-order valence-corrected chi connectivity index (χ3v) is 4.74. The normalized spacial score (nSPS) is 11.3. The molecule has 2 N–H and O–H groups in total. The van der Waals surface area contributed by atoms with Gasteiger partial charge in [-0.25, -0.2) is 0 Å². The molecule has 0 fully saturated rings. The minimum absolute atomic E-state index is 0.134. The number of carbonyl (C=O) groups excluding carboxylic acids is 1. The molecule has 0 aliphatic carbocycles. The summed E-state index contributed by atoms with van der Waals surface area (Å²) < 4.78 is 2.02. The fourth-order valence-electron chi connectivity index (χ4n) is 3.32. The first-order valence-electron chi connectivity index (χ1n) is 8.11. The van der Waals surface area contributed by atoms with Crippen LogP contribution in [0.4, 0.5) is 5.69 Å². The summed E-state index contributed by atoms with van der Waals surface area (Å²) in [7, 11) is 0. The fraction of sp³-hybridized carbons (Fsp3) is 0.158. The summed E-state index contributed by atoms with van der Waals surface area (Å²) in [5, 5.41) is 12.6. The largest absolute Gasteiger partial charge is 0.337 e. The molecule has 0 atom stereocenters. The topological polar surface area (TPSA) is 62.7 Å². The maximum Gasteiger partial charge on any atom is 0.272 e. The highest BCUT2D eigenvalue weighted by Crippen LogP contribution is 2.29. The summed E-state index contributed by atoms with van der Waals surface area (Å²) in [5.41, 5.74) is 4.21. The first-order chi connectivity index (χ1) is 12.1. The van der Waals surface area contributed by atoms with E-state index in [4.69, 9.17) is 11.6 Å². The molecule has 0 bridgehead atoms. The number of anilines is 1. The Morgan fingerprint density at radius 3 is 2.92 bits per heavy atom. The monoisotopic (exact) mass is 352 g/mol. The number of nitrogens with zero attached hydrogens (tertiary/aromatic N) is 2. The number of aryl methyl sites for hydroxylation is 2. The van der Waals surface area contributed by atoms with Gasteiger partial charge >= 0.3 is 0 Å². The summed E-state index contributed by atoms with van der Waals surface area (Å²) in [6.45, 7) is 4.69. The molecular weight excluding hydrogens is 336 g/mol. The number of aromatic amines is 1. The summed E-state index contributed by atoms with van der Waals surface area (Å²) >= 11 is 6.13. The van der Waals surface area contributed by atoms with Crippen molar-refractivity contribution in [3.8, 4) is 0 Å². The van der Waals surface area contributed by atoms with Gasteiger partial charge in [0.05, 0.1) is 11.7 Å². The van der Waals surface area contributed by atoms with Crippen molar-refractivity contribution < 1.29 is 4.79 Å². The SMILES string of the molecule is CCn1c(C(=O)Nc2ccc3cn[nH]c3c2)c(C)c2cc(Cl)ccc21. The van der Waals surface area contributed by atoms with Gasteiger partial charge in [0.15, 0.2) is 0 Å². The number of hydrogen-bond donors (Lipinski definition) is 2. The first-order valence-corrected chi connectivity index (χ1v) is 8.49. The number of halogens is 1. The zero-order chi connectivity index (χ0) is 17.6. The van der Waals surface area contributed by atoms with Gasteiger partial charge in [-0.05, 0) is 55.8 Å². The van der Waals surface area contributed by atoms with E-state index >= 15 is 0 Å². The Labute approximate surface area is 149 Å². The fourth-order valence-corrected chi connectivity index (χ4v) is 3.49. The highest BCUT2D eigenvalue weighted by Gasteiger charge is 2.20. The molecule has 2 aromatic carbocycles. The first kappa shape index (κ1) is 15.7. The molecule has 0 aliphatic rings. The van der Waals surface area contributed by atoms with Gasteiger partial charge < -0.3 is 9.88 Å². The molecule has 2 heterocycles. The Hall–Kier alpha value is -2.79. The maximum atomic E-state index is 13.0. The Bertz CT molecular complexity index is 1110. The van der Waals surface area contributed by atoms with Crippen LogP contribution in [-0.2, 0) is 6.54 Å². The van der Waals surface area contributed by atoms with Gasteiger partial charge in [0.2, 0.25) is 0 Å². The number of hydrogen-bond acceptors (Lipinski definition) is 2. The van der Waals surface area contributed by atoms with Crippen LogP contribution in [0.2, 0.25) is 5.02 Å². The molecule has 0 aliphatic heterocycles. The van der Waals surface area contributed by atoms with Crippen LogP contribution < -0.4 is 5.32 Å². The van der Waals surface area contributed by atoms with Crippen molar-refractivity contribution in [1.29, 1.82) is 0 Å². The molecule has 1 amide bonds. The lowest BCUT2D eigenvalue weighted by Crippen LogP contribution is -2.17. The van der Waals surface area contributed by atoms with E-state index in [1.807, 2.05) is 54.8 Å². The summed E-state index contributed by atoms with van der Waals surface area (Å²) in [4.78, 5) is 13.0. The predicted molar refractivity (Wildman–Crippen MR) is 101 cm³/mol. The molecule has 0 saturated carbocycles. The van der Waals surface area contributed by atoms with E-state index in [9.17, 15) is 4.79 Å². The van der Waals surface area contributed by atoms with Gasteiger partial charge in [-0.1, -0.05) is 11.6 Å². The number of H-pyrrole nitrogens is 1. The Morgan fingerprint density at radius 1 is 1.28 bits per heavy atom. The van der Waals surface area contributed by atoms with E-state index in [0.29, 0.717) is 17.3 Å². The molecule has 2 aromatic heterocycles. The lowest BCUT2D eigenvalue weighted by molar-refractivity contribution is 0.101. The van der Waals surface area contributed by atoms with Crippen molar-refractivity contribution in [2.45, 2.75) is 20.4 Å². The lowest BCUT2D eigenvalue weighted by atomic mass is 10.1. The average molecular weight is 353 g/mol. The number of fused-ring (bicyclic) bond motifs is 2. The van der Waals surface area contributed by atoms with Crippen molar-refractivity contribution in [1.82, 2.24) is 14.8 Å². The quantitative estimate of drug-likeness (QED) is 0.558. The third kappa shape index (κ3) is 2.57. The second-order valence-electron chi connectivity index (χ2n) is 6.01. The van der Waals surface area contributed by atoms with Gasteiger partial charge in [0.25, 0.3) is 5.91 Å². The highest BCUT2D eigenvalue weighted by atomic mass is 35.5. The van der Waals surface area contributed by atoms with E-state index < -0.39 is 0 Å². The molecule has 0 radical (unpaired) electrons. The molecule has 6 heteroatoms. The van der Waals surface area contributed by atoms with Crippen molar-refractivity contribution >= 4 is 45.0 Å². The Balaban J connectivity index is 1.77. The molecule has 0 saturated heterocycles. The number of rotatable bonds is 3. The van der Waals surface area contributed by atoms with Gasteiger partial charge in [-0.15, -0.1) is 0 Å². The molecule has 4 aromatic rings. The van der Waals surface area contributed by atoms with Crippen molar-refractivity contribution in [3.05, 3.63) is 58.9 Å². The van der Waals surface area contributed by atoms with Crippen LogP contribution in [0.5, 0.6) is 0 Å². The van der Waals surface area contributed by atoms with Gasteiger partial charge in [-0.3, -0.25) is 9.89 Å². The van der Waals surface area contributed by atoms with Crippen LogP contribution in [0, 0.1) is 6.92 Å². The van der Waals surface area contributed by atoms with Crippen LogP contribution in [0.25, 0.3) is 21.8 Å². The van der Waals surface area contributed by atoms with Crippen LogP contribution in [0.3, 0.4) is 0 Å². The molecular formula is C19H17ClN4O. The van der Waals surface area contributed by atoms with Crippen molar-refractivity contribution in [2.75, 3.05) is 5.32 Å². The van der Waals surface area contributed by atoms with Gasteiger partial charge in [0, 0.05) is 33.5 Å². The van der Waals surface area contributed by atoms with Crippen molar-refractivity contribution in [3.63, 3.8) is 0 Å². The Morgan fingerprint density at radius 2 is 2.12 bits per heavy atom. The zero-order valence-corrected chi connectivity index (χ0v) is 14.7. The second kappa shape index (κ2) is 5.93. The minimum Gasteiger partial charge on any atom is -0.337 e. The molecule has 126 valence electrons. The van der Waals surface area contributed by atoms with Crippen molar-refractivity contribution in [2.24, 2.45) is 0 Å². The maximum absolute atomic E-state index is 13.0. The standard InChI is InChI=1S/C19H17ClN4O/c1-3-24-17-7-5-13(20)8-15(17)11(2)18(24)19(25)22-14-6-4-12-10-21-23-16(12)9-14/h4-10H,3H2,1-2H3,(H,21,23)(H,22,25). The number of nitrogens with one attached hydrogen (secondary N) is 2. The summed E-state index contributed by atoms with van der Waals surface area (Å²) in [6, 6.07) is 11.4. The van der Waals surface area contributed by atoms with E-state index in [0.717, 1.165) is 33.1 Å². The third-order valence-electron chi connectivity index (χ3n) is 4.51. The zero-order valence-electron chi connectivity index (χ0n) is 13.9. The highest BCUT2D eigenvalue weighted by molar-refractivity contribution is 6.31. The minimum atomic E-state index is -0.134. The van der Waals surface area contributed by atoms with Crippen LogP contribution in [0.15, 0.2) is 42.6 Å². The van der Waals surface area contributed by atoms with E-state index in [2.05, 4.69) is 15.5 Å². The van der Waals surface area contributed by atoms with E-state index in [1.54, 1.807) is 6.20 Å². The van der Waals surface area contributed by atoms with Crippen LogP contribution in [-0.4, -0.2) is 20.7 Å². The summed E-state index contributed by atoms with van der Waals surface area (Å²) in [5.74, 6) is -0.134.